The minimum absolute atomic E-state index is 0.0246. The summed E-state index contributed by atoms with van der Waals surface area (Å²) in [6.07, 6.45) is 0.600. The summed E-state index contributed by atoms with van der Waals surface area (Å²) >= 11 is 0. The SMILES string of the molecule is CN(C)C(=O)C1CCN2C(=O)N(C)N=C(c3ccccc3)N12. The Balaban J connectivity index is 2.05. The van der Waals surface area contributed by atoms with Crippen molar-refractivity contribution in [2.75, 3.05) is 27.7 Å². The Morgan fingerprint density at radius 2 is 1.95 bits per heavy atom. The first kappa shape index (κ1) is 14.4. The van der Waals surface area contributed by atoms with Gasteiger partial charge in [-0.2, -0.15) is 0 Å². The van der Waals surface area contributed by atoms with E-state index < -0.39 is 6.04 Å². The van der Waals surface area contributed by atoms with Crippen molar-refractivity contribution in [3.05, 3.63) is 35.9 Å². The molecular weight excluding hydrogens is 282 g/mol. The van der Waals surface area contributed by atoms with Gasteiger partial charge in [-0.25, -0.2) is 19.8 Å². The van der Waals surface area contributed by atoms with Crippen LogP contribution in [0, 0.1) is 0 Å². The summed E-state index contributed by atoms with van der Waals surface area (Å²) in [5.41, 5.74) is 0.880. The lowest BCUT2D eigenvalue weighted by Crippen LogP contribution is -2.58. The maximum Gasteiger partial charge on any atom is 0.359 e. The van der Waals surface area contributed by atoms with Gasteiger partial charge in [-0.3, -0.25) is 4.79 Å². The average molecular weight is 301 g/mol. The van der Waals surface area contributed by atoms with Crippen molar-refractivity contribution in [3.63, 3.8) is 0 Å². The number of carbonyl (C=O) groups is 2. The Kier molecular flexibility index (Phi) is 3.48. The molecule has 1 aromatic carbocycles. The maximum atomic E-state index is 12.4. The average Bonchev–Trinajstić information content (AvgIpc) is 2.96. The van der Waals surface area contributed by atoms with Gasteiger partial charge in [-0.05, 0) is 6.42 Å². The third kappa shape index (κ3) is 2.18. The molecule has 0 N–H and O–H groups in total. The molecule has 7 heteroatoms. The fraction of sp³-hybridized carbons (Fsp3) is 0.400. The highest BCUT2D eigenvalue weighted by molar-refractivity contribution is 6.04. The summed E-state index contributed by atoms with van der Waals surface area (Å²) in [6, 6.07) is 8.99. The Labute approximate surface area is 129 Å². The number of carbonyl (C=O) groups excluding carboxylic acids is 2. The quantitative estimate of drug-likeness (QED) is 0.811. The van der Waals surface area contributed by atoms with Crippen LogP contribution in [0.1, 0.15) is 12.0 Å². The molecule has 7 nitrogen and oxygen atoms in total. The lowest BCUT2D eigenvalue weighted by Gasteiger charge is -2.39. The minimum Gasteiger partial charge on any atom is -0.347 e. The zero-order valence-electron chi connectivity index (χ0n) is 12.9. The smallest absolute Gasteiger partial charge is 0.347 e. The molecule has 0 saturated carbocycles. The van der Waals surface area contributed by atoms with E-state index in [1.807, 2.05) is 30.3 Å². The molecule has 3 rings (SSSR count). The first-order chi connectivity index (χ1) is 10.5. The number of amidine groups is 1. The highest BCUT2D eigenvalue weighted by Gasteiger charge is 2.45. The van der Waals surface area contributed by atoms with E-state index in [4.69, 9.17) is 0 Å². The molecule has 0 spiro atoms. The molecule has 3 amide bonds. The second-order valence-corrected chi connectivity index (χ2v) is 5.60. The van der Waals surface area contributed by atoms with Gasteiger partial charge in [0.05, 0.1) is 0 Å². The standard InChI is InChI=1S/C15H19N5O2/c1-17(2)14(21)12-9-10-19-15(22)18(3)16-13(20(12)19)11-7-5-4-6-8-11/h4-8,12H,9-10H2,1-3H3. The number of fused-ring (bicyclic) bond motifs is 1. The number of urea groups is 1. The summed E-state index contributed by atoms with van der Waals surface area (Å²) in [4.78, 5) is 26.3. The van der Waals surface area contributed by atoms with Gasteiger partial charge in [-0.15, -0.1) is 5.10 Å². The third-order valence-electron chi connectivity index (χ3n) is 3.89. The number of rotatable bonds is 2. The zero-order chi connectivity index (χ0) is 15.9. The highest BCUT2D eigenvalue weighted by Crippen LogP contribution is 2.27. The predicted octanol–water partition coefficient (Wildman–Crippen LogP) is 0.793. The second-order valence-electron chi connectivity index (χ2n) is 5.60. The summed E-state index contributed by atoms with van der Waals surface area (Å²) < 4.78 is 0. The van der Waals surface area contributed by atoms with Crippen molar-refractivity contribution >= 4 is 17.8 Å². The largest absolute Gasteiger partial charge is 0.359 e. The topological polar surface area (TPSA) is 59.5 Å². The highest BCUT2D eigenvalue weighted by atomic mass is 16.2. The number of benzene rings is 1. The molecule has 2 heterocycles. The van der Waals surface area contributed by atoms with Gasteiger partial charge >= 0.3 is 6.03 Å². The van der Waals surface area contributed by atoms with Crippen LogP contribution in [0.3, 0.4) is 0 Å². The Morgan fingerprint density at radius 1 is 1.27 bits per heavy atom. The van der Waals surface area contributed by atoms with E-state index in [0.29, 0.717) is 18.8 Å². The lowest BCUT2D eigenvalue weighted by molar-refractivity contribution is -0.134. The van der Waals surface area contributed by atoms with Crippen molar-refractivity contribution in [3.8, 4) is 0 Å². The van der Waals surface area contributed by atoms with E-state index in [0.717, 1.165) is 5.56 Å². The minimum atomic E-state index is -0.397. The van der Waals surface area contributed by atoms with Crippen molar-refractivity contribution < 1.29 is 9.59 Å². The molecule has 0 bridgehead atoms. The van der Waals surface area contributed by atoms with E-state index in [2.05, 4.69) is 5.10 Å². The van der Waals surface area contributed by atoms with Crippen molar-refractivity contribution in [1.29, 1.82) is 0 Å². The lowest BCUT2D eigenvalue weighted by atomic mass is 10.1. The van der Waals surface area contributed by atoms with Crippen LogP contribution in [0.4, 0.5) is 4.79 Å². The number of nitrogens with zero attached hydrogens (tertiary/aromatic N) is 5. The van der Waals surface area contributed by atoms with E-state index in [1.165, 1.54) is 5.01 Å². The molecule has 2 aliphatic rings. The molecule has 22 heavy (non-hydrogen) atoms. The van der Waals surface area contributed by atoms with E-state index in [-0.39, 0.29) is 11.9 Å². The summed E-state index contributed by atoms with van der Waals surface area (Å²) in [5, 5.41) is 9.04. The van der Waals surface area contributed by atoms with Crippen LogP contribution in [-0.4, -0.2) is 71.4 Å². The van der Waals surface area contributed by atoms with Crippen LogP contribution in [0.15, 0.2) is 35.4 Å². The van der Waals surface area contributed by atoms with E-state index in [1.54, 1.807) is 36.1 Å². The molecule has 1 atom stereocenters. The molecule has 1 saturated heterocycles. The Bertz CT molecular complexity index is 628. The fourth-order valence-corrected chi connectivity index (χ4v) is 2.79. The van der Waals surface area contributed by atoms with Crippen molar-refractivity contribution in [1.82, 2.24) is 19.9 Å². The molecule has 1 fully saturated rings. The maximum absolute atomic E-state index is 12.4. The molecular formula is C15H19N5O2. The number of hydrogen-bond acceptors (Lipinski definition) is 4. The molecule has 2 aliphatic heterocycles. The van der Waals surface area contributed by atoms with Crippen molar-refractivity contribution in [2.45, 2.75) is 12.5 Å². The van der Waals surface area contributed by atoms with Crippen LogP contribution < -0.4 is 0 Å². The van der Waals surface area contributed by atoms with Gasteiger partial charge in [0.15, 0.2) is 5.84 Å². The normalized spacial score (nSPS) is 20.9. The monoisotopic (exact) mass is 301 g/mol. The summed E-state index contributed by atoms with van der Waals surface area (Å²) in [6.45, 7) is 0.513. The van der Waals surface area contributed by atoms with Gasteiger partial charge in [-0.1, -0.05) is 30.3 Å². The number of hydrazine groups is 1. The third-order valence-corrected chi connectivity index (χ3v) is 3.89. The first-order valence-electron chi connectivity index (χ1n) is 7.20. The summed E-state index contributed by atoms with van der Waals surface area (Å²) in [5.74, 6) is 0.601. The molecule has 116 valence electrons. The predicted molar refractivity (Wildman–Crippen MR) is 81.8 cm³/mol. The van der Waals surface area contributed by atoms with Gasteiger partial charge in [0, 0.05) is 33.3 Å². The van der Waals surface area contributed by atoms with Crippen LogP contribution in [-0.2, 0) is 4.79 Å². The molecule has 1 aromatic rings. The van der Waals surface area contributed by atoms with Gasteiger partial charge < -0.3 is 4.90 Å². The summed E-state index contributed by atoms with van der Waals surface area (Å²) in [7, 11) is 5.08. The van der Waals surface area contributed by atoms with E-state index >= 15 is 0 Å². The van der Waals surface area contributed by atoms with Gasteiger partial charge in [0.2, 0.25) is 5.91 Å². The van der Waals surface area contributed by atoms with Crippen molar-refractivity contribution in [2.24, 2.45) is 5.10 Å². The zero-order valence-corrected chi connectivity index (χ0v) is 12.9. The molecule has 1 unspecified atom stereocenters. The molecule has 0 aromatic heterocycles. The van der Waals surface area contributed by atoms with Gasteiger partial charge in [0.25, 0.3) is 0 Å². The Morgan fingerprint density at radius 3 is 2.59 bits per heavy atom. The van der Waals surface area contributed by atoms with Crippen LogP contribution >= 0.6 is 0 Å². The number of hydrazone groups is 1. The Hall–Kier alpha value is -2.57. The molecule has 0 aliphatic carbocycles. The number of hydrogen-bond donors (Lipinski definition) is 0. The van der Waals surface area contributed by atoms with E-state index in [9.17, 15) is 9.59 Å². The van der Waals surface area contributed by atoms with Crippen LogP contribution in [0.5, 0.6) is 0 Å². The molecule has 0 radical (unpaired) electrons. The van der Waals surface area contributed by atoms with Crippen LogP contribution in [0.2, 0.25) is 0 Å². The number of likely N-dealkylation sites (N-methyl/N-ethyl adjacent to an activating group) is 1. The fourth-order valence-electron chi connectivity index (χ4n) is 2.79. The van der Waals surface area contributed by atoms with Crippen LogP contribution in [0.25, 0.3) is 0 Å². The number of amides is 3. The van der Waals surface area contributed by atoms with Gasteiger partial charge in [0.1, 0.15) is 6.04 Å². The second kappa shape index (κ2) is 5.32. The first-order valence-corrected chi connectivity index (χ1v) is 7.20.